The number of rotatable bonds is 6. The summed E-state index contributed by atoms with van der Waals surface area (Å²) in [5.74, 6) is 1.22. The molecule has 0 aromatic heterocycles. The van der Waals surface area contributed by atoms with Crippen molar-refractivity contribution in [1.29, 1.82) is 0 Å². The van der Waals surface area contributed by atoms with Crippen LogP contribution in [0.25, 0.3) is 0 Å². The molecule has 2 fully saturated rings. The second-order valence-electron chi connectivity index (χ2n) is 12.1. The number of aliphatic hydroxyl groups excluding tert-OH is 1. The maximum absolute atomic E-state index is 12.7. The molecular formula is C25H46O3Si. The van der Waals surface area contributed by atoms with Crippen molar-refractivity contribution in [2.24, 2.45) is 22.7 Å². The Labute approximate surface area is 180 Å². The first kappa shape index (κ1) is 24.8. The molecule has 2 aliphatic carbocycles. The van der Waals surface area contributed by atoms with E-state index in [0.29, 0.717) is 24.7 Å². The van der Waals surface area contributed by atoms with Gasteiger partial charge in [-0.15, -0.1) is 0 Å². The molecule has 0 aliphatic heterocycles. The highest BCUT2D eigenvalue weighted by Gasteiger charge is 2.53. The summed E-state index contributed by atoms with van der Waals surface area (Å²) in [5.41, 5.74) is 0.515. The van der Waals surface area contributed by atoms with Crippen molar-refractivity contribution < 1.29 is 14.3 Å². The van der Waals surface area contributed by atoms with E-state index in [1.165, 1.54) is 5.57 Å². The minimum Gasteiger partial charge on any atom is -0.413 e. The highest BCUT2D eigenvalue weighted by atomic mass is 28.4. The van der Waals surface area contributed by atoms with Crippen LogP contribution in [0.5, 0.6) is 0 Å². The molecule has 0 heterocycles. The standard InChI is InChI=1S/C25H46O3Si/c1-17(2)19-16-22(28-29(9,10)23(4,5)6)24(7,18(19)3)14-15-25(8)20(26)12-11-13-21(25)27/h17,19-20,22,26H,3,11-16H2,1-2,4-10H3/t19-,20-,22-,24-,25-/m1/s1. The number of ketones is 1. The minimum absolute atomic E-state index is 0.141. The van der Waals surface area contributed by atoms with Gasteiger partial charge in [-0.3, -0.25) is 4.79 Å². The largest absolute Gasteiger partial charge is 0.413 e. The molecule has 2 saturated carbocycles. The van der Waals surface area contributed by atoms with Gasteiger partial charge in [0.05, 0.1) is 17.6 Å². The van der Waals surface area contributed by atoms with Gasteiger partial charge in [-0.2, -0.15) is 0 Å². The van der Waals surface area contributed by atoms with Gasteiger partial charge in [0.1, 0.15) is 5.78 Å². The van der Waals surface area contributed by atoms with Crippen molar-refractivity contribution in [3.8, 4) is 0 Å². The lowest BCUT2D eigenvalue weighted by Crippen LogP contribution is -2.48. The maximum Gasteiger partial charge on any atom is 0.192 e. The molecule has 0 aromatic carbocycles. The van der Waals surface area contributed by atoms with Crippen LogP contribution in [0.1, 0.15) is 87.0 Å². The zero-order valence-electron chi connectivity index (χ0n) is 20.5. The summed E-state index contributed by atoms with van der Waals surface area (Å²) in [5, 5.41) is 10.8. The number of aliphatic hydroxyl groups is 1. The average molecular weight is 423 g/mol. The van der Waals surface area contributed by atoms with Crippen LogP contribution in [0.4, 0.5) is 0 Å². The third-order valence-corrected chi connectivity index (χ3v) is 13.3. The Balaban J connectivity index is 2.30. The lowest BCUT2D eigenvalue weighted by molar-refractivity contribution is -0.140. The summed E-state index contributed by atoms with van der Waals surface area (Å²) >= 11 is 0. The zero-order chi connectivity index (χ0) is 22.4. The number of hydrogen-bond acceptors (Lipinski definition) is 3. The predicted molar refractivity (Wildman–Crippen MR) is 124 cm³/mol. The second kappa shape index (κ2) is 8.24. The van der Waals surface area contributed by atoms with E-state index in [9.17, 15) is 9.90 Å². The highest BCUT2D eigenvalue weighted by Crippen LogP contribution is 2.56. The van der Waals surface area contributed by atoms with E-state index in [0.717, 1.165) is 25.7 Å². The van der Waals surface area contributed by atoms with Crippen molar-refractivity contribution in [2.45, 2.75) is 117 Å². The van der Waals surface area contributed by atoms with Gasteiger partial charge < -0.3 is 9.53 Å². The number of carbonyl (C=O) groups is 1. The molecule has 5 atom stereocenters. The molecular weight excluding hydrogens is 376 g/mol. The summed E-state index contributed by atoms with van der Waals surface area (Å²) in [6, 6.07) is 0. The molecule has 0 amide bonds. The summed E-state index contributed by atoms with van der Waals surface area (Å²) in [7, 11) is -1.92. The fourth-order valence-corrected chi connectivity index (χ4v) is 6.46. The van der Waals surface area contributed by atoms with E-state index in [2.05, 4.69) is 61.2 Å². The van der Waals surface area contributed by atoms with Crippen LogP contribution in [-0.2, 0) is 9.22 Å². The van der Waals surface area contributed by atoms with Crippen molar-refractivity contribution >= 4 is 14.1 Å². The Bertz CT molecular complexity index is 632. The first-order valence-corrected chi connectivity index (χ1v) is 14.6. The Morgan fingerprint density at radius 1 is 1.21 bits per heavy atom. The van der Waals surface area contributed by atoms with E-state index in [-0.39, 0.29) is 22.3 Å². The molecule has 0 radical (unpaired) electrons. The summed E-state index contributed by atoms with van der Waals surface area (Å²) in [6.07, 6.45) is 4.35. The van der Waals surface area contributed by atoms with Crippen LogP contribution in [0.3, 0.4) is 0 Å². The zero-order valence-corrected chi connectivity index (χ0v) is 21.5. The van der Waals surface area contributed by atoms with E-state index in [1.54, 1.807) is 0 Å². The molecule has 1 N–H and O–H groups in total. The summed E-state index contributed by atoms with van der Waals surface area (Å²) < 4.78 is 6.99. The van der Waals surface area contributed by atoms with Crippen LogP contribution in [-0.4, -0.2) is 31.4 Å². The molecule has 0 aromatic rings. The van der Waals surface area contributed by atoms with Crippen molar-refractivity contribution in [3.63, 3.8) is 0 Å². The molecule has 0 saturated heterocycles. The SMILES string of the molecule is C=C1[C@@H](C(C)C)C[C@@H](O[Si](C)(C)C(C)(C)C)[C@]1(C)CC[C@@]1(C)C(=O)CCC[C@H]1O. The van der Waals surface area contributed by atoms with E-state index in [1.807, 2.05) is 6.92 Å². The Morgan fingerprint density at radius 2 is 1.76 bits per heavy atom. The fraction of sp³-hybridized carbons (Fsp3) is 0.880. The minimum atomic E-state index is -1.92. The van der Waals surface area contributed by atoms with Crippen molar-refractivity contribution in [1.82, 2.24) is 0 Å². The van der Waals surface area contributed by atoms with Crippen LogP contribution in [0, 0.1) is 22.7 Å². The third kappa shape index (κ3) is 4.60. The number of hydrogen-bond donors (Lipinski definition) is 1. The molecule has 4 heteroatoms. The van der Waals surface area contributed by atoms with Crippen LogP contribution >= 0.6 is 0 Å². The Morgan fingerprint density at radius 3 is 2.24 bits per heavy atom. The summed E-state index contributed by atoms with van der Waals surface area (Å²) in [4.78, 5) is 12.7. The Kier molecular flexibility index (Phi) is 7.05. The van der Waals surface area contributed by atoms with E-state index < -0.39 is 19.8 Å². The third-order valence-electron chi connectivity index (χ3n) is 8.83. The van der Waals surface area contributed by atoms with Gasteiger partial charge in [-0.05, 0) is 62.1 Å². The maximum atomic E-state index is 12.7. The van der Waals surface area contributed by atoms with Gasteiger partial charge in [0.15, 0.2) is 8.32 Å². The van der Waals surface area contributed by atoms with E-state index >= 15 is 0 Å². The van der Waals surface area contributed by atoms with Crippen molar-refractivity contribution in [2.75, 3.05) is 0 Å². The van der Waals surface area contributed by atoms with Gasteiger partial charge in [-0.1, -0.05) is 60.6 Å². The first-order valence-electron chi connectivity index (χ1n) is 11.6. The van der Waals surface area contributed by atoms with Gasteiger partial charge in [0, 0.05) is 11.8 Å². The topological polar surface area (TPSA) is 46.5 Å². The molecule has 2 aliphatic rings. The van der Waals surface area contributed by atoms with Gasteiger partial charge >= 0.3 is 0 Å². The molecule has 2 rings (SSSR count). The quantitative estimate of drug-likeness (QED) is 0.392. The van der Waals surface area contributed by atoms with Crippen molar-refractivity contribution in [3.05, 3.63) is 12.2 Å². The van der Waals surface area contributed by atoms with E-state index in [4.69, 9.17) is 4.43 Å². The van der Waals surface area contributed by atoms with Gasteiger partial charge in [0.2, 0.25) is 0 Å². The fourth-order valence-electron chi connectivity index (χ4n) is 5.04. The lowest BCUT2D eigenvalue weighted by Gasteiger charge is -2.45. The highest BCUT2D eigenvalue weighted by molar-refractivity contribution is 6.74. The molecule has 3 nitrogen and oxygen atoms in total. The molecule has 168 valence electrons. The van der Waals surface area contributed by atoms with Crippen LogP contribution < -0.4 is 0 Å². The van der Waals surface area contributed by atoms with Crippen LogP contribution in [0.15, 0.2) is 12.2 Å². The predicted octanol–water partition coefficient (Wildman–Crippen LogP) is 6.52. The second-order valence-corrected chi connectivity index (χ2v) is 16.9. The monoisotopic (exact) mass is 422 g/mol. The van der Waals surface area contributed by atoms with Gasteiger partial charge in [-0.25, -0.2) is 0 Å². The number of carbonyl (C=O) groups excluding carboxylic acids is 1. The van der Waals surface area contributed by atoms with Gasteiger partial charge in [0.25, 0.3) is 0 Å². The molecule has 29 heavy (non-hydrogen) atoms. The normalized spacial score (nSPS) is 36.9. The number of Topliss-reactive ketones (excluding diaryl/α,β-unsaturated/α-hetero) is 1. The summed E-state index contributed by atoms with van der Waals surface area (Å²) in [6.45, 7) is 24.9. The molecule has 0 spiro atoms. The Hall–Kier alpha value is -0.453. The van der Waals surface area contributed by atoms with Crippen LogP contribution in [0.2, 0.25) is 18.1 Å². The smallest absolute Gasteiger partial charge is 0.192 e. The molecule has 0 bridgehead atoms. The first-order chi connectivity index (χ1) is 13.1. The average Bonchev–Trinajstić information content (AvgIpc) is 2.82. The lowest BCUT2D eigenvalue weighted by atomic mass is 9.65. The molecule has 0 unspecified atom stereocenters.